The fourth-order valence-electron chi connectivity index (χ4n) is 2.84. The van der Waals surface area contributed by atoms with Gasteiger partial charge < -0.3 is 14.8 Å². The summed E-state index contributed by atoms with van der Waals surface area (Å²) in [4.78, 5) is 0. The standard InChI is InChI=1S/C22H29ClFNO2.ClH/c1-3-4-5-6-7-12-25-15-18-13-20(23)22(21(14-18)26-2)27-16-17-8-10-19(24)11-9-17;/h8-11,13-14,25H,3-7,12,15-16H2,1-2H3;1H. The van der Waals surface area contributed by atoms with Crippen LogP contribution in [0.3, 0.4) is 0 Å². The van der Waals surface area contributed by atoms with Gasteiger partial charge in [-0.1, -0.05) is 56.3 Å². The van der Waals surface area contributed by atoms with Crippen molar-refractivity contribution < 1.29 is 13.9 Å². The number of hydrogen-bond donors (Lipinski definition) is 1. The van der Waals surface area contributed by atoms with E-state index in [1.807, 2.05) is 12.1 Å². The molecule has 6 heteroatoms. The normalized spacial score (nSPS) is 10.4. The van der Waals surface area contributed by atoms with Gasteiger partial charge in [-0.05, 0) is 48.4 Å². The zero-order chi connectivity index (χ0) is 19.5. The molecule has 28 heavy (non-hydrogen) atoms. The van der Waals surface area contributed by atoms with E-state index in [1.165, 1.54) is 44.2 Å². The van der Waals surface area contributed by atoms with Crippen molar-refractivity contribution in [2.75, 3.05) is 13.7 Å². The van der Waals surface area contributed by atoms with E-state index < -0.39 is 0 Å². The molecular formula is C22H30Cl2FNO2. The van der Waals surface area contributed by atoms with E-state index >= 15 is 0 Å². The zero-order valence-electron chi connectivity index (χ0n) is 16.6. The van der Waals surface area contributed by atoms with Crippen molar-refractivity contribution in [2.45, 2.75) is 52.2 Å². The topological polar surface area (TPSA) is 30.5 Å². The molecule has 1 N–H and O–H groups in total. The van der Waals surface area contributed by atoms with Gasteiger partial charge in [-0.15, -0.1) is 12.4 Å². The fourth-order valence-corrected chi connectivity index (χ4v) is 3.13. The van der Waals surface area contributed by atoms with Gasteiger partial charge in [0.25, 0.3) is 0 Å². The Labute approximate surface area is 179 Å². The first-order valence-corrected chi connectivity index (χ1v) is 9.96. The molecule has 0 bridgehead atoms. The van der Waals surface area contributed by atoms with E-state index in [4.69, 9.17) is 21.1 Å². The number of benzene rings is 2. The fraction of sp³-hybridized carbons (Fsp3) is 0.455. The number of rotatable bonds is 12. The minimum atomic E-state index is -0.267. The summed E-state index contributed by atoms with van der Waals surface area (Å²) < 4.78 is 24.3. The molecule has 0 aliphatic carbocycles. The first-order valence-electron chi connectivity index (χ1n) is 9.58. The molecule has 0 unspecified atom stereocenters. The van der Waals surface area contributed by atoms with Gasteiger partial charge >= 0.3 is 0 Å². The Kier molecular flexibility index (Phi) is 12.0. The molecule has 2 aromatic rings. The highest BCUT2D eigenvalue weighted by molar-refractivity contribution is 6.32. The van der Waals surface area contributed by atoms with Crippen LogP contribution in [-0.4, -0.2) is 13.7 Å². The zero-order valence-corrected chi connectivity index (χ0v) is 18.2. The van der Waals surface area contributed by atoms with Gasteiger partial charge in [0.05, 0.1) is 12.1 Å². The summed E-state index contributed by atoms with van der Waals surface area (Å²) in [5.41, 5.74) is 1.92. The van der Waals surface area contributed by atoms with E-state index in [9.17, 15) is 4.39 Å². The molecule has 0 amide bonds. The van der Waals surface area contributed by atoms with Crippen molar-refractivity contribution in [3.05, 3.63) is 58.4 Å². The van der Waals surface area contributed by atoms with Crippen LogP contribution in [-0.2, 0) is 13.2 Å². The maximum absolute atomic E-state index is 13.0. The lowest BCUT2D eigenvalue weighted by Crippen LogP contribution is -2.14. The van der Waals surface area contributed by atoms with E-state index in [-0.39, 0.29) is 18.2 Å². The highest BCUT2D eigenvalue weighted by atomic mass is 35.5. The van der Waals surface area contributed by atoms with Crippen LogP contribution >= 0.6 is 24.0 Å². The molecule has 2 rings (SSSR count). The lowest BCUT2D eigenvalue weighted by atomic mass is 10.1. The van der Waals surface area contributed by atoms with Crippen molar-refractivity contribution in [2.24, 2.45) is 0 Å². The molecule has 3 nitrogen and oxygen atoms in total. The Morgan fingerprint density at radius 2 is 1.71 bits per heavy atom. The predicted molar refractivity (Wildman–Crippen MR) is 116 cm³/mol. The molecular weight excluding hydrogens is 400 g/mol. The second-order valence-corrected chi connectivity index (χ2v) is 7.02. The quantitative estimate of drug-likeness (QED) is 0.388. The maximum atomic E-state index is 13.0. The molecule has 0 fully saturated rings. The maximum Gasteiger partial charge on any atom is 0.180 e. The SMILES string of the molecule is CCCCCCCNCc1cc(Cl)c(OCc2ccc(F)cc2)c(OC)c1.Cl. The molecule has 0 radical (unpaired) electrons. The largest absolute Gasteiger partial charge is 0.493 e. The third kappa shape index (κ3) is 8.26. The predicted octanol–water partition coefficient (Wildman–Crippen LogP) is 6.55. The second-order valence-electron chi connectivity index (χ2n) is 6.62. The van der Waals surface area contributed by atoms with Gasteiger partial charge in [0.2, 0.25) is 0 Å². The summed E-state index contributed by atoms with van der Waals surface area (Å²) in [5, 5.41) is 3.96. The van der Waals surface area contributed by atoms with Crippen molar-refractivity contribution in [1.82, 2.24) is 5.32 Å². The van der Waals surface area contributed by atoms with Gasteiger partial charge in [0.1, 0.15) is 12.4 Å². The molecule has 0 aliphatic heterocycles. The van der Waals surface area contributed by atoms with E-state index in [0.29, 0.717) is 23.1 Å². The lowest BCUT2D eigenvalue weighted by molar-refractivity contribution is 0.284. The molecule has 0 spiro atoms. The number of hydrogen-bond acceptors (Lipinski definition) is 3. The van der Waals surface area contributed by atoms with Crippen LogP contribution in [0.1, 0.15) is 50.2 Å². The Hall–Kier alpha value is -1.49. The Bertz CT molecular complexity index is 696. The van der Waals surface area contributed by atoms with Gasteiger partial charge in [0.15, 0.2) is 11.5 Å². The van der Waals surface area contributed by atoms with Gasteiger partial charge in [-0.3, -0.25) is 0 Å². The van der Waals surface area contributed by atoms with Crippen LogP contribution in [0.5, 0.6) is 11.5 Å². The van der Waals surface area contributed by atoms with Gasteiger partial charge in [-0.2, -0.15) is 0 Å². The molecule has 156 valence electrons. The monoisotopic (exact) mass is 429 g/mol. The molecule has 2 aromatic carbocycles. The molecule has 0 atom stereocenters. The van der Waals surface area contributed by atoms with Crippen molar-refractivity contribution in [3.8, 4) is 11.5 Å². The Balaban J connectivity index is 0.00000392. The van der Waals surface area contributed by atoms with Crippen LogP contribution in [0.2, 0.25) is 5.02 Å². The lowest BCUT2D eigenvalue weighted by Gasteiger charge is -2.15. The van der Waals surface area contributed by atoms with E-state index in [2.05, 4.69) is 12.2 Å². The number of methoxy groups -OCH3 is 1. The van der Waals surface area contributed by atoms with Crippen LogP contribution in [0.15, 0.2) is 36.4 Å². The summed E-state index contributed by atoms with van der Waals surface area (Å²) in [6, 6.07) is 10.0. The van der Waals surface area contributed by atoms with Gasteiger partial charge in [0, 0.05) is 6.54 Å². The van der Waals surface area contributed by atoms with Crippen molar-refractivity contribution in [3.63, 3.8) is 0 Å². The summed E-state index contributed by atoms with van der Waals surface area (Å²) in [6.45, 7) is 4.25. The van der Waals surface area contributed by atoms with Crippen LogP contribution in [0.4, 0.5) is 4.39 Å². The Morgan fingerprint density at radius 3 is 2.39 bits per heavy atom. The molecule has 0 aliphatic rings. The van der Waals surface area contributed by atoms with Crippen LogP contribution in [0, 0.1) is 5.82 Å². The summed E-state index contributed by atoms with van der Waals surface area (Å²) in [7, 11) is 1.60. The number of ether oxygens (including phenoxy) is 2. The van der Waals surface area contributed by atoms with Crippen LogP contribution < -0.4 is 14.8 Å². The highest BCUT2D eigenvalue weighted by Gasteiger charge is 2.12. The smallest absolute Gasteiger partial charge is 0.180 e. The summed E-state index contributed by atoms with van der Waals surface area (Å²) >= 11 is 6.41. The molecule has 0 aromatic heterocycles. The molecule has 0 heterocycles. The molecule has 0 saturated heterocycles. The third-order valence-corrected chi connectivity index (χ3v) is 4.65. The number of nitrogens with one attached hydrogen (secondary N) is 1. The Morgan fingerprint density at radius 1 is 1.00 bits per heavy atom. The van der Waals surface area contributed by atoms with Crippen molar-refractivity contribution >= 4 is 24.0 Å². The average molecular weight is 430 g/mol. The minimum absolute atomic E-state index is 0. The number of unbranched alkanes of at least 4 members (excludes halogenated alkanes) is 4. The average Bonchev–Trinajstić information content (AvgIpc) is 2.67. The molecule has 0 saturated carbocycles. The second kappa shape index (κ2) is 13.6. The first-order chi connectivity index (χ1) is 13.1. The van der Waals surface area contributed by atoms with E-state index in [0.717, 1.165) is 24.2 Å². The van der Waals surface area contributed by atoms with Gasteiger partial charge in [-0.25, -0.2) is 4.39 Å². The number of halogens is 3. The summed E-state index contributed by atoms with van der Waals surface area (Å²) in [6.07, 6.45) is 6.33. The third-order valence-electron chi connectivity index (χ3n) is 4.37. The first kappa shape index (κ1) is 24.5. The van der Waals surface area contributed by atoms with E-state index in [1.54, 1.807) is 19.2 Å². The highest BCUT2D eigenvalue weighted by Crippen LogP contribution is 2.37. The summed E-state index contributed by atoms with van der Waals surface area (Å²) in [5.74, 6) is 0.841. The van der Waals surface area contributed by atoms with Crippen molar-refractivity contribution in [1.29, 1.82) is 0 Å². The van der Waals surface area contributed by atoms with Crippen LogP contribution in [0.25, 0.3) is 0 Å². The minimum Gasteiger partial charge on any atom is -0.493 e.